The Morgan fingerprint density at radius 1 is 1.03 bits per heavy atom. The second-order valence-corrected chi connectivity index (χ2v) is 7.05. The molecule has 152 valence electrons. The monoisotopic (exact) mass is 401 g/mol. The molecule has 2 aromatic rings. The maximum atomic E-state index is 13.0. The number of halogens is 1. The number of ether oxygens (including phenoxy) is 1. The highest BCUT2D eigenvalue weighted by atomic mass is 19.1. The lowest BCUT2D eigenvalue weighted by atomic mass is 9.64. The molecular formula is C21H20FNO6. The van der Waals surface area contributed by atoms with Crippen molar-refractivity contribution >= 4 is 17.8 Å². The van der Waals surface area contributed by atoms with Gasteiger partial charge in [-0.3, -0.25) is 14.4 Å². The number of carboxylic acids is 2. The maximum Gasteiger partial charge on any atom is 0.308 e. The molecule has 1 fully saturated rings. The highest BCUT2D eigenvalue weighted by Gasteiger charge is 2.53. The van der Waals surface area contributed by atoms with Gasteiger partial charge in [-0.25, -0.2) is 4.39 Å². The summed E-state index contributed by atoms with van der Waals surface area (Å²) in [5.41, 5.74) is 0.751. The van der Waals surface area contributed by atoms with Crippen molar-refractivity contribution in [3.8, 4) is 11.5 Å². The van der Waals surface area contributed by atoms with Gasteiger partial charge in [0.25, 0.3) is 0 Å². The summed E-state index contributed by atoms with van der Waals surface area (Å²) in [4.78, 5) is 36.5. The van der Waals surface area contributed by atoms with Crippen LogP contribution in [-0.4, -0.2) is 40.0 Å². The van der Waals surface area contributed by atoms with E-state index in [1.165, 1.54) is 29.2 Å². The summed E-state index contributed by atoms with van der Waals surface area (Å²) in [6.45, 7) is 0.208. The molecule has 0 aromatic heterocycles. The van der Waals surface area contributed by atoms with Gasteiger partial charge in [-0.15, -0.1) is 0 Å². The van der Waals surface area contributed by atoms with Crippen LogP contribution in [0.4, 0.5) is 4.39 Å². The first kappa shape index (κ1) is 20.3. The first-order chi connectivity index (χ1) is 13.8. The van der Waals surface area contributed by atoms with Gasteiger partial charge in [-0.05, 0) is 48.4 Å². The molecular weight excluding hydrogens is 381 g/mol. The Hall–Kier alpha value is -3.42. The minimum atomic E-state index is -1.27. The fraction of sp³-hybridized carbons (Fsp3) is 0.286. The van der Waals surface area contributed by atoms with E-state index >= 15 is 0 Å². The number of carboxylic acid groups (broad SMARTS) is 2. The maximum absolute atomic E-state index is 13.0. The number of amides is 1. The summed E-state index contributed by atoms with van der Waals surface area (Å²) in [6, 6.07) is 12.5. The van der Waals surface area contributed by atoms with Gasteiger partial charge in [0.05, 0.1) is 17.8 Å². The first-order valence-corrected chi connectivity index (χ1v) is 8.99. The molecule has 3 rings (SSSR count). The highest BCUT2D eigenvalue weighted by Crippen LogP contribution is 2.42. The third-order valence-corrected chi connectivity index (χ3v) is 5.04. The van der Waals surface area contributed by atoms with Crippen LogP contribution >= 0.6 is 0 Å². The third kappa shape index (κ3) is 4.53. The van der Waals surface area contributed by atoms with E-state index in [1.807, 2.05) is 0 Å². The Balaban J connectivity index is 1.65. The molecule has 0 radical (unpaired) electrons. The van der Waals surface area contributed by atoms with Gasteiger partial charge >= 0.3 is 11.9 Å². The number of hydrogen-bond acceptors (Lipinski definition) is 4. The number of nitrogens with zero attached hydrogens (tertiary/aromatic N) is 1. The SMILES string of the molecule is CN(Cc1cccc(Oc2ccc(F)cc2)c1)C(=O)C1CC(C(=O)O)C1C(=O)O. The lowest BCUT2D eigenvalue weighted by Crippen LogP contribution is -2.52. The predicted molar refractivity (Wildman–Crippen MR) is 99.7 cm³/mol. The van der Waals surface area contributed by atoms with Crippen molar-refractivity contribution in [3.05, 3.63) is 59.9 Å². The summed E-state index contributed by atoms with van der Waals surface area (Å²) in [6.07, 6.45) is 0.0171. The molecule has 1 amide bonds. The van der Waals surface area contributed by atoms with Crippen LogP contribution in [0.25, 0.3) is 0 Å². The quantitative estimate of drug-likeness (QED) is 0.739. The van der Waals surface area contributed by atoms with Crippen molar-refractivity contribution in [1.29, 1.82) is 0 Å². The zero-order valence-corrected chi connectivity index (χ0v) is 15.6. The summed E-state index contributed by atoms with van der Waals surface area (Å²) < 4.78 is 18.7. The molecule has 0 bridgehead atoms. The topological polar surface area (TPSA) is 104 Å². The van der Waals surface area contributed by atoms with Crippen molar-refractivity contribution in [2.75, 3.05) is 7.05 Å². The van der Waals surface area contributed by atoms with Crippen LogP contribution in [0.1, 0.15) is 12.0 Å². The Bertz CT molecular complexity index is 929. The van der Waals surface area contributed by atoms with Crippen molar-refractivity contribution in [3.63, 3.8) is 0 Å². The zero-order chi connectivity index (χ0) is 21.1. The molecule has 2 N–H and O–H groups in total. The average Bonchev–Trinajstić information content (AvgIpc) is 2.62. The Labute approximate surface area is 166 Å². The molecule has 3 unspecified atom stereocenters. The molecule has 29 heavy (non-hydrogen) atoms. The van der Waals surface area contributed by atoms with Crippen molar-refractivity contribution in [2.45, 2.75) is 13.0 Å². The second kappa shape index (κ2) is 8.30. The van der Waals surface area contributed by atoms with Gasteiger partial charge in [0, 0.05) is 13.6 Å². The van der Waals surface area contributed by atoms with Gasteiger partial charge in [0.2, 0.25) is 5.91 Å². The van der Waals surface area contributed by atoms with Crippen LogP contribution in [0.5, 0.6) is 11.5 Å². The molecule has 8 heteroatoms. The molecule has 0 aliphatic heterocycles. The molecule has 2 aromatic carbocycles. The van der Waals surface area contributed by atoms with Crippen molar-refractivity contribution in [1.82, 2.24) is 4.90 Å². The molecule has 1 aliphatic carbocycles. The van der Waals surface area contributed by atoms with E-state index in [9.17, 15) is 23.9 Å². The van der Waals surface area contributed by atoms with Crippen LogP contribution in [0.15, 0.2) is 48.5 Å². The zero-order valence-electron chi connectivity index (χ0n) is 15.6. The normalized spacial score (nSPS) is 20.4. The number of aliphatic carboxylic acids is 2. The lowest BCUT2D eigenvalue weighted by Gasteiger charge is -2.40. The third-order valence-electron chi connectivity index (χ3n) is 5.04. The Morgan fingerprint density at radius 3 is 2.34 bits per heavy atom. The lowest BCUT2D eigenvalue weighted by molar-refractivity contribution is -0.171. The van der Waals surface area contributed by atoms with E-state index in [0.717, 1.165) is 5.56 Å². The molecule has 0 spiro atoms. The average molecular weight is 401 g/mol. The molecule has 1 aliphatic rings. The van der Waals surface area contributed by atoms with Crippen LogP contribution in [0, 0.1) is 23.6 Å². The van der Waals surface area contributed by atoms with Gasteiger partial charge in [-0.2, -0.15) is 0 Å². The number of rotatable bonds is 7. The van der Waals surface area contributed by atoms with E-state index in [0.29, 0.717) is 11.5 Å². The van der Waals surface area contributed by atoms with Crippen molar-refractivity contribution < 1.29 is 33.7 Å². The second-order valence-electron chi connectivity index (χ2n) is 7.05. The number of carbonyl (C=O) groups is 3. The van der Waals surface area contributed by atoms with Crippen LogP contribution in [0.2, 0.25) is 0 Å². The summed E-state index contributed by atoms with van der Waals surface area (Å²) in [5.74, 6) is -5.37. The van der Waals surface area contributed by atoms with Gasteiger partial charge in [-0.1, -0.05) is 12.1 Å². The fourth-order valence-corrected chi connectivity index (χ4v) is 3.49. The molecule has 3 atom stereocenters. The number of hydrogen-bond donors (Lipinski definition) is 2. The fourth-order valence-electron chi connectivity index (χ4n) is 3.49. The number of carbonyl (C=O) groups excluding carboxylic acids is 1. The van der Waals surface area contributed by atoms with E-state index in [2.05, 4.69) is 0 Å². The predicted octanol–water partition coefficient (Wildman–Crippen LogP) is 3.00. The smallest absolute Gasteiger partial charge is 0.308 e. The van der Waals surface area contributed by atoms with Gasteiger partial charge in [0.15, 0.2) is 0 Å². The standard InChI is InChI=1S/C21H20FNO6/c1-23(19(24)16-10-17(20(25)26)18(16)21(27)28)11-12-3-2-4-15(9-12)29-14-7-5-13(22)6-8-14/h2-9,16-18H,10-11H2,1H3,(H,25,26)(H,27,28). The van der Waals surface area contributed by atoms with Crippen molar-refractivity contribution in [2.24, 2.45) is 17.8 Å². The summed E-state index contributed by atoms with van der Waals surface area (Å²) in [7, 11) is 1.54. The minimum absolute atomic E-state index is 0.0171. The van der Waals surface area contributed by atoms with E-state index in [4.69, 9.17) is 9.84 Å². The Kier molecular flexibility index (Phi) is 5.81. The van der Waals surface area contributed by atoms with Crippen LogP contribution in [0.3, 0.4) is 0 Å². The molecule has 0 saturated heterocycles. The van der Waals surface area contributed by atoms with E-state index in [1.54, 1.807) is 31.3 Å². The highest BCUT2D eigenvalue weighted by molar-refractivity contribution is 5.91. The summed E-state index contributed by atoms with van der Waals surface area (Å²) in [5, 5.41) is 18.3. The van der Waals surface area contributed by atoms with Crippen LogP contribution < -0.4 is 4.74 Å². The first-order valence-electron chi connectivity index (χ1n) is 8.99. The van der Waals surface area contributed by atoms with Gasteiger partial charge in [0.1, 0.15) is 17.3 Å². The van der Waals surface area contributed by atoms with Crippen LogP contribution in [-0.2, 0) is 20.9 Å². The molecule has 7 nitrogen and oxygen atoms in total. The Morgan fingerprint density at radius 2 is 1.72 bits per heavy atom. The van der Waals surface area contributed by atoms with E-state index < -0.39 is 35.6 Å². The molecule has 1 saturated carbocycles. The molecule has 0 heterocycles. The van der Waals surface area contributed by atoms with Gasteiger partial charge < -0.3 is 19.8 Å². The summed E-state index contributed by atoms with van der Waals surface area (Å²) >= 11 is 0. The number of benzene rings is 2. The largest absolute Gasteiger partial charge is 0.481 e. The van der Waals surface area contributed by atoms with E-state index in [-0.39, 0.29) is 18.8 Å². The minimum Gasteiger partial charge on any atom is -0.481 e.